The number of carbonyl (C=O) groups excluding carboxylic acids is 1. The van der Waals surface area contributed by atoms with Crippen molar-refractivity contribution in [3.8, 4) is 0 Å². The zero-order chi connectivity index (χ0) is 24.3. The normalized spacial score (nSPS) is 40.0. The van der Waals surface area contributed by atoms with E-state index in [2.05, 4.69) is 5.32 Å². The van der Waals surface area contributed by atoms with Gasteiger partial charge < -0.3 is 16.2 Å². The molecule has 1 fully saturated rings. The van der Waals surface area contributed by atoms with E-state index in [1.807, 2.05) is 0 Å². The first kappa shape index (κ1) is 6.16. The van der Waals surface area contributed by atoms with Gasteiger partial charge in [-0.3, -0.25) is 4.79 Å². The van der Waals surface area contributed by atoms with E-state index in [1.54, 1.807) is 0 Å². The largest absolute Gasteiger partial charge is 0.388 e. The van der Waals surface area contributed by atoms with E-state index in [1.165, 1.54) is 24.3 Å². The summed E-state index contributed by atoms with van der Waals surface area (Å²) in [5, 5.41) is 12.1. The standard InChI is InChI=1S/C16H24N2O2/c17-10-9-15(19)13-7-4-8-14(11-13)18-16(20)12-5-2-1-3-6-12/h4,7-8,11-12,15,19H,1-3,5-6,9-10,17H2,(H,18,20)/i1D2,2D2,3D2,5D2,6D2,12D. The van der Waals surface area contributed by atoms with Crippen LogP contribution in [0.5, 0.6) is 0 Å². The van der Waals surface area contributed by atoms with E-state index in [0.717, 1.165) is 0 Å². The van der Waals surface area contributed by atoms with Gasteiger partial charge in [-0.1, -0.05) is 31.3 Å². The van der Waals surface area contributed by atoms with Gasteiger partial charge in [-0.05, 0) is 43.4 Å². The molecule has 110 valence electrons. The minimum atomic E-state index is -3.78. The summed E-state index contributed by atoms with van der Waals surface area (Å²) in [4.78, 5) is 13.0. The van der Waals surface area contributed by atoms with Gasteiger partial charge in [0.2, 0.25) is 5.91 Å². The first-order valence-corrected chi connectivity index (χ1v) is 6.14. The molecule has 0 spiro atoms. The van der Waals surface area contributed by atoms with E-state index in [0.29, 0.717) is 5.56 Å². The average molecular weight is 287 g/mol. The number of amides is 1. The number of nitrogens with one attached hydrogen (secondary N) is 1. The Morgan fingerprint density at radius 2 is 2.25 bits per heavy atom. The number of rotatable bonds is 5. The Morgan fingerprint density at radius 3 is 2.95 bits per heavy atom. The zero-order valence-electron chi connectivity index (χ0n) is 21.7. The summed E-state index contributed by atoms with van der Waals surface area (Å²) >= 11 is 0. The number of aliphatic hydroxyl groups excluding tert-OH is 1. The van der Waals surface area contributed by atoms with Crippen LogP contribution in [0.4, 0.5) is 5.69 Å². The Hall–Kier alpha value is -1.39. The molecule has 1 aromatic carbocycles. The molecule has 0 saturated heterocycles. The number of anilines is 1. The minimum absolute atomic E-state index is 0.0773. The van der Waals surface area contributed by atoms with Crippen molar-refractivity contribution in [2.45, 2.75) is 44.4 Å². The van der Waals surface area contributed by atoms with Gasteiger partial charge in [0.05, 0.1) is 6.10 Å². The molecule has 4 nitrogen and oxygen atoms in total. The minimum Gasteiger partial charge on any atom is -0.388 e. The molecule has 1 atom stereocenters. The van der Waals surface area contributed by atoms with E-state index in [9.17, 15) is 9.90 Å². The van der Waals surface area contributed by atoms with Gasteiger partial charge in [0.1, 0.15) is 0 Å². The van der Waals surface area contributed by atoms with Crippen molar-refractivity contribution in [2.24, 2.45) is 11.6 Å². The van der Waals surface area contributed by atoms with E-state index < -0.39 is 49.8 Å². The Kier molecular flexibility index (Phi) is 2.28. The predicted octanol–water partition coefficient (Wildman–Crippen LogP) is 2.59. The van der Waals surface area contributed by atoms with Crippen LogP contribution in [0, 0.1) is 5.89 Å². The third-order valence-electron chi connectivity index (χ3n) is 2.70. The summed E-state index contributed by atoms with van der Waals surface area (Å²) < 4.78 is 87.8. The molecule has 0 aromatic heterocycles. The predicted molar refractivity (Wildman–Crippen MR) is 80.3 cm³/mol. The number of hydrogen-bond donors (Lipinski definition) is 3. The average Bonchev–Trinajstić information content (AvgIpc) is 2.65. The summed E-state index contributed by atoms with van der Waals surface area (Å²) in [5.74, 6) is -5.42. The lowest BCUT2D eigenvalue weighted by Crippen LogP contribution is -2.24. The molecule has 4 heteroatoms. The maximum absolute atomic E-state index is 13.0. The molecule has 2 rings (SSSR count). The summed E-state index contributed by atoms with van der Waals surface area (Å²) in [5.41, 5.74) is 5.63. The molecule has 1 saturated carbocycles. The van der Waals surface area contributed by atoms with E-state index in [-0.39, 0.29) is 18.7 Å². The molecule has 1 aromatic rings. The quantitative estimate of drug-likeness (QED) is 0.779. The molecule has 1 amide bonds. The fourth-order valence-electron chi connectivity index (χ4n) is 1.71. The second-order valence-electron chi connectivity index (χ2n) is 4.17. The van der Waals surface area contributed by atoms with Crippen LogP contribution in [0.1, 0.15) is 65.0 Å². The second-order valence-corrected chi connectivity index (χ2v) is 4.17. The number of nitrogens with two attached hydrogens (primary N) is 1. The monoisotopic (exact) mass is 287 g/mol. The second kappa shape index (κ2) is 7.41. The van der Waals surface area contributed by atoms with Crippen LogP contribution < -0.4 is 11.1 Å². The lowest BCUT2D eigenvalue weighted by atomic mass is 9.88. The van der Waals surface area contributed by atoms with Crippen LogP contribution in [0.15, 0.2) is 24.3 Å². The molecule has 0 aliphatic heterocycles. The number of hydrogen-bond acceptors (Lipinski definition) is 3. The molecular weight excluding hydrogens is 252 g/mol. The molecule has 0 radical (unpaired) electrons. The first-order chi connectivity index (χ1) is 13.8. The summed E-state index contributed by atoms with van der Waals surface area (Å²) in [6, 6.07) is 5.51. The van der Waals surface area contributed by atoms with Gasteiger partial charge in [0.25, 0.3) is 0 Å². The Morgan fingerprint density at radius 1 is 1.50 bits per heavy atom. The van der Waals surface area contributed by atoms with Crippen LogP contribution in [-0.4, -0.2) is 17.6 Å². The number of aliphatic hydroxyl groups is 1. The van der Waals surface area contributed by atoms with Gasteiger partial charge in [0.15, 0.2) is 0 Å². The summed E-state index contributed by atoms with van der Waals surface area (Å²) in [6.07, 6.45) is -19.5. The van der Waals surface area contributed by atoms with Gasteiger partial charge in [-0.25, -0.2) is 0 Å². The van der Waals surface area contributed by atoms with Crippen molar-refractivity contribution in [1.82, 2.24) is 0 Å². The summed E-state index contributed by atoms with van der Waals surface area (Å²) in [7, 11) is 0. The van der Waals surface area contributed by atoms with Gasteiger partial charge in [0, 0.05) is 26.7 Å². The van der Waals surface area contributed by atoms with E-state index in [4.69, 9.17) is 20.8 Å². The van der Waals surface area contributed by atoms with Crippen LogP contribution >= 0.6 is 0 Å². The highest BCUT2D eigenvalue weighted by atomic mass is 16.3. The Bertz CT molecular complexity index is 830. The van der Waals surface area contributed by atoms with Crippen molar-refractivity contribution in [2.75, 3.05) is 11.9 Å². The van der Waals surface area contributed by atoms with Crippen molar-refractivity contribution >= 4 is 11.6 Å². The molecular formula is C16H24N2O2. The molecule has 1 aliphatic carbocycles. The highest BCUT2D eigenvalue weighted by molar-refractivity contribution is 5.92. The van der Waals surface area contributed by atoms with Crippen LogP contribution in [0.25, 0.3) is 0 Å². The smallest absolute Gasteiger partial charge is 0.227 e. The maximum atomic E-state index is 13.0. The van der Waals surface area contributed by atoms with Gasteiger partial charge in [-0.15, -0.1) is 0 Å². The molecule has 1 unspecified atom stereocenters. The number of carbonyl (C=O) groups is 1. The lowest BCUT2D eigenvalue weighted by Gasteiger charge is -2.21. The van der Waals surface area contributed by atoms with E-state index >= 15 is 0 Å². The fourth-order valence-corrected chi connectivity index (χ4v) is 1.71. The van der Waals surface area contributed by atoms with Crippen LogP contribution in [0.3, 0.4) is 0 Å². The Labute approximate surface area is 135 Å². The van der Waals surface area contributed by atoms with Crippen LogP contribution in [0.2, 0.25) is 0 Å². The topological polar surface area (TPSA) is 75.3 Å². The van der Waals surface area contributed by atoms with Crippen molar-refractivity contribution < 1.29 is 25.0 Å². The lowest BCUT2D eigenvalue weighted by molar-refractivity contribution is -0.120. The highest BCUT2D eigenvalue weighted by Crippen LogP contribution is 2.26. The highest BCUT2D eigenvalue weighted by Gasteiger charge is 2.21. The molecule has 20 heavy (non-hydrogen) atoms. The van der Waals surface area contributed by atoms with Crippen molar-refractivity contribution in [3.05, 3.63) is 29.8 Å². The molecule has 1 aliphatic rings. The first-order valence-electron chi connectivity index (χ1n) is 11.6. The molecule has 0 heterocycles. The number of benzene rings is 1. The van der Waals surface area contributed by atoms with Gasteiger partial charge in [-0.2, -0.15) is 0 Å². The third kappa shape index (κ3) is 4.05. The van der Waals surface area contributed by atoms with Gasteiger partial charge >= 0.3 is 0 Å². The van der Waals surface area contributed by atoms with Crippen LogP contribution in [-0.2, 0) is 4.79 Å². The molecule has 0 bridgehead atoms. The Balaban J connectivity index is 2.57. The SMILES string of the molecule is [2H]C1([2H])C([2H])([2H])C([2H])([2H])C([2H])(C(=O)Nc2cccc(C(O)CCN)c2)C([2H])([2H])C1([2H])[2H]. The fraction of sp³-hybridized carbons (Fsp3) is 0.562. The molecule has 4 N–H and O–H groups in total. The van der Waals surface area contributed by atoms with Crippen molar-refractivity contribution in [3.63, 3.8) is 0 Å². The zero-order valence-corrected chi connectivity index (χ0v) is 10.7. The maximum Gasteiger partial charge on any atom is 0.227 e. The third-order valence-corrected chi connectivity index (χ3v) is 2.70. The summed E-state index contributed by atoms with van der Waals surface area (Å²) in [6.45, 7) is 0.167. The van der Waals surface area contributed by atoms with Crippen molar-refractivity contribution in [1.29, 1.82) is 0 Å².